The lowest BCUT2D eigenvalue weighted by atomic mass is 10.2. The summed E-state index contributed by atoms with van der Waals surface area (Å²) in [7, 11) is 0. The summed E-state index contributed by atoms with van der Waals surface area (Å²) in [6.07, 6.45) is 1.70. The van der Waals surface area contributed by atoms with Crippen LogP contribution in [0.4, 0.5) is 17.2 Å². The van der Waals surface area contributed by atoms with E-state index in [1.165, 1.54) is 12.1 Å². The van der Waals surface area contributed by atoms with Crippen LogP contribution in [0.2, 0.25) is 5.02 Å². The largest absolute Gasteiger partial charge is 0.378 e. The zero-order valence-electron chi connectivity index (χ0n) is 14.9. The van der Waals surface area contributed by atoms with Crippen molar-refractivity contribution in [3.63, 3.8) is 0 Å². The molecule has 2 N–H and O–H groups in total. The van der Waals surface area contributed by atoms with Crippen molar-refractivity contribution in [2.75, 3.05) is 49.6 Å². The number of non-ortho nitro benzene ring substituents is 1. The van der Waals surface area contributed by atoms with Crippen molar-refractivity contribution in [3.05, 3.63) is 51.2 Å². The summed E-state index contributed by atoms with van der Waals surface area (Å²) in [5, 5.41) is 24.6. The average molecular weight is 407 g/mol. The Morgan fingerprint density at radius 3 is 2.79 bits per heavy atom. The van der Waals surface area contributed by atoms with Crippen LogP contribution in [0, 0.1) is 10.1 Å². The van der Waals surface area contributed by atoms with Gasteiger partial charge in [-0.3, -0.25) is 14.9 Å². The highest BCUT2D eigenvalue weighted by atomic mass is 35.5. The molecule has 0 bridgehead atoms. The molecular weight excluding hydrogens is 388 g/mol. The van der Waals surface area contributed by atoms with Gasteiger partial charge in [0.15, 0.2) is 5.82 Å². The molecule has 0 aliphatic carbocycles. The SMILES string of the molecule is O=C(NCCNc1cc(N2CCOCC2)cnn1)c1ccc([N+](=O)[O-])cc1Cl. The Kier molecular flexibility index (Phi) is 6.56. The number of aromatic nitrogens is 2. The van der Waals surface area contributed by atoms with Gasteiger partial charge in [0.25, 0.3) is 11.6 Å². The van der Waals surface area contributed by atoms with Crippen LogP contribution in [0.1, 0.15) is 10.4 Å². The number of benzene rings is 1. The van der Waals surface area contributed by atoms with E-state index in [0.717, 1.165) is 24.8 Å². The number of anilines is 2. The van der Waals surface area contributed by atoms with Gasteiger partial charge < -0.3 is 20.3 Å². The number of nitrogens with zero attached hydrogens (tertiary/aromatic N) is 4. The molecule has 1 aromatic carbocycles. The maximum absolute atomic E-state index is 12.2. The number of rotatable bonds is 7. The minimum absolute atomic E-state index is 0.0312. The summed E-state index contributed by atoms with van der Waals surface area (Å²) in [6, 6.07) is 5.63. The van der Waals surface area contributed by atoms with Crippen molar-refractivity contribution in [3.8, 4) is 0 Å². The topological polar surface area (TPSA) is 123 Å². The fourth-order valence-electron chi connectivity index (χ4n) is 2.70. The predicted octanol–water partition coefficient (Wildman–Crippen LogP) is 1.72. The number of hydrogen-bond donors (Lipinski definition) is 2. The molecule has 0 atom stereocenters. The Labute approximate surface area is 166 Å². The standard InChI is InChI=1S/C17H19ClN6O4/c18-15-9-12(24(26)27)1-2-14(15)17(25)20-4-3-19-16-10-13(11-21-22-16)23-5-7-28-8-6-23/h1-2,9-11H,3-8H2,(H,19,22)(H,20,25). The molecular formula is C17H19ClN6O4. The average Bonchev–Trinajstić information content (AvgIpc) is 2.72. The highest BCUT2D eigenvalue weighted by molar-refractivity contribution is 6.34. The van der Waals surface area contributed by atoms with E-state index < -0.39 is 10.8 Å². The first-order valence-electron chi connectivity index (χ1n) is 8.66. The van der Waals surface area contributed by atoms with Crippen LogP contribution in [-0.2, 0) is 4.74 Å². The molecule has 11 heteroatoms. The third-order valence-corrected chi connectivity index (χ3v) is 4.45. The lowest BCUT2D eigenvalue weighted by Gasteiger charge is -2.28. The van der Waals surface area contributed by atoms with Gasteiger partial charge >= 0.3 is 0 Å². The number of nitrogens with one attached hydrogen (secondary N) is 2. The van der Waals surface area contributed by atoms with Crippen LogP contribution < -0.4 is 15.5 Å². The van der Waals surface area contributed by atoms with Gasteiger partial charge in [-0.15, -0.1) is 5.10 Å². The number of hydrogen-bond acceptors (Lipinski definition) is 8. The number of nitro benzene ring substituents is 1. The zero-order chi connectivity index (χ0) is 19.9. The lowest BCUT2D eigenvalue weighted by molar-refractivity contribution is -0.384. The third-order valence-electron chi connectivity index (χ3n) is 4.14. The molecule has 1 saturated heterocycles. The van der Waals surface area contributed by atoms with E-state index in [2.05, 4.69) is 25.7 Å². The minimum Gasteiger partial charge on any atom is -0.378 e. The molecule has 0 spiro atoms. The first kappa shape index (κ1) is 19.8. The van der Waals surface area contributed by atoms with Crippen LogP contribution >= 0.6 is 11.6 Å². The van der Waals surface area contributed by atoms with Gasteiger partial charge in [-0.2, -0.15) is 5.10 Å². The highest BCUT2D eigenvalue weighted by Crippen LogP contribution is 2.22. The second kappa shape index (κ2) is 9.29. The van der Waals surface area contributed by atoms with Gasteiger partial charge in [0.2, 0.25) is 0 Å². The van der Waals surface area contributed by atoms with E-state index in [-0.39, 0.29) is 16.3 Å². The molecule has 0 saturated carbocycles. The van der Waals surface area contributed by atoms with E-state index >= 15 is 0 Å². The summed E-state index contributed by atoms with van der Waals surface area (Å²) >= 11 is 5.96. The second-order valence-corrected chi connectivity index (χ2v) is 6.41. The first-order valence-corrected chi connectivity index (χ1v) is 9.04. The number of morpholine rings is 1. The smallest absolute Gasteiger partial charge is 0.270 e. The first-order chi connectivity index (χ1) is 13.5. The highest BCUT2D eigenvalue weighted by Gasteiger charge is 2.15. The Bertz CT molecular complexity index is 859. The molecule has 10 nitrogen and oxygen atoms in total. The van der Waals surface area contributed by atoms with E-state index in [0.29, 0.717) is 32.1 Å². The number of ether oxygens (including phenoxy) is 1. The normalized spacial score (nSPS) is 13.8. The van der Waals surface area contributed by atoms with Crippen molar-refractivity contribution in [1.29, 1.82) is 0 Å². The molecule has 28 heavy (non-hydrogen) atoms. The molecule has 0 unspecified atom stereocenters. The van der Waals surface area contributed by atoms with Crippen LogP contribution in [0.15, 0.2) is 30.5 Å². The summed E-state index contributed by atoms with van der Waals surface area (Å²) in [6.45, 7) is 3.71. The van der Waals surface area contributed by atoms with E-state index in [9.17, 15) is 14.9 Å². The molecule has 1 aliphatic heterocycles. The third kappa shape index (κ3) is 5.05. The van der Waals surface area contributed by atoms with Gasteiger partial charge in [-0.1, -0.05) is 11.6 Å². The quantitative estimate of drug-likeness (QED) is 0.405. The Morgan fingerprint density at radius 1 is 1.29 bits per heavy atom. The number of carbonyl (C=O) groups excluding carboxylic acids is 1. The Morgan fingerprint density at radius 2 is 2.07 bits per heavy atom. The summed E-state index contributed by atoms with van der Waals surface area (Å²) in [5.41, 5.74) is 0.978. The van der Waals surface area contributed by atoms with E-state index in [1.807, 2.05) is 6.07 Å². The summed E-state index contributed by atoms with van der Waals surface area (Å²) < 4.78 is 5.34. The molecule has 2 aromatic rings. The Hall–Kier alpha value is -2.98. The number of carbonyl (C=O) groups is 1. The maximum atomic E-state index is 12.2. The van der Waals surface area contributed by atoms with Crippen molar-refractivity contribution < 1.29 is 14.5 Å². The fourth-order valence-corrected chi connectivity index (χ4v) is 2.96. The molecule has 1 aromatic heterocycles. The van der Waals surface area contributed by atoms with Gasteiger partial charge in [-0.05, 0) is 6.07 Å². The van der Waals surface area contributed by atoms with E-state index in [4.69, 9.17) is 16.3 Å². The van der Waals surface area contributed by atoms with Gasteiger partial charge in [0.05, 0.1) is 40.6 Å². The molecule has 3 rings (SSSR count). The molecule has 2 heterocycles. The predicted molar refractivity (Wildman–Crippen MR) is 104 cm³/mol. The maximum Gasteiger partial charge on any atom is 0.270 e. The summed E-state index contributed by atoms with van der Waals surface area (Å²) in [4.78, 5) is 24.5. The molecule has 1 amide bonds. The van der Waals surface area contributed by atoms with E-state index in [1.54, 1.807) is 6.20 Å². The second-order valence-electron chi connectivity index (χ2n) is 6.00. The van der Waals surface area contributed by atoms with Crippen molar-refractivity contribution in [2.45, 2.75) is 0 Å². The van der Waals surface area contributed by atoms with Gasteiger partial charge in [0, 0.05) is 44.4 Å². The Balaban J connectivity index is 1.49. The lowest BCUT2D eigenvalue weighted by Crippen LogP contribution is -2.36. The fraction of sp³-hybridized carbons (Fsp3) is 0.353. The summed E-state index contributed by atoms with van der Waals surface area (Å²) in [5.74, 6) is 0.196. The molecule has 1 aliphatic rings. The number of nitro groups is 1. The number of amides is 1. The van der Waals surface area contributed by atoms with Crippen LogP contribution in [-0.4, -0.2) is 60.4 Å². The van der Waals surface area contributed by atoms with Crippen LogP contribution in [0.5, 0.6) is 0 Å². The van der Waals surface area contributed by atoms with Crippen LogP contribution in [0.3, 0.4) is 0 Å². The van der Waals surface area contributed by atoms with Crippen molar-refractivity contribution >= 4 is 34.7 Å². The van der Waals surface area contributed by atoms with Crippen molar-refractivity contribution in [1.82, 2.24) is 15.5 Å². The van der Waals surface area contributed by atoms with Gasteiger partial charge in [0.1, 0.15) is 0 Å². The van der Waals surface area contributed by atoms with Gasteiger partial charge in [-0.25, -0.2) is 0 Å². The number of halogens is 1. The molecule has 1 fully saturated rings. The monoisotopic (exact) mass is 406 g/mol. The zero-order valence-corrected chi connectivity index (χ0v) is 15.7. The van der Waals surface area contributed by atoms with Crippen LogP contribution in [0.25, 0.3) is 0 Å². The molecule has 148 valence electrons. The minimum atomic E-state index is -0.566. The van der Waals surface area contributed by atoms with Crippen molar-refractivity contribution in [2.24, 2.45) is 0 Å². The molecule has 0 radical (unpaired) electrons.